The fourth-order valence-electron chi connectivity index (χ4n) is 1.92. The molecule has 7 nitrogen and oxygen atoms in total. The number of carboxylic acids is 1. The van der Waals surface area contributed by atoms with Gasteiger partial charge in [-0.2, -0.15) is 0 Å². The number of carbonyl (C=O) groups excluding carboxylic acids is 1. The lowest BCUT2D eigenvalue weighted by molar-refractivity contribution is -0.137. The maximum absolute atomic E-state index is 11.0. The van der Waals surface area contributed by atoms with Gasteiger partial charge in [0.2, 0.25) is 5.91 Å². The van der Waals surface area contributed by atoms with E-state index in [1.165, 1.54) is 6.92 Å². The predicted molar refractivity (Wildman–Crippen MR) is 60.8 cm³/mol. The number of amides is 1. The van der Waals surface area contributed by atoms with E-state index in [1.54, 1.807) is 6.92 Å². The van der Waals surface area contributed by atoms with Crippen molar-refractivity contribution in [3.05, 3.63) is 11.6 Å². The van der Waals surface area contributed by atoms with Gasteiger partial charge in [0.05, 0.1) is 17.7 Å². The Kier molecular flexibility index (Phi) is 4.83. The lowest BCUT2D eigenvalue weighted by atomic mass is 9.87. The molecule has 1 aliphatic carbocycles. The van der Waals surface area contributed by atoms with Gasteiger partial charge in [0.25, 0.3) is 0 Å². The molecule has 0 saturated heterocycles. The third-order valence-electron chi connectivity index (χ3n) is 2.67. The van der Waals surface area contributed by atoms with Crippen molar-refractivity contribution in [2.75, 3.05) is 6.61 Å². The molecule has 18 heavy (non-hydrogen) atoms. The summed E-state index contributed by atoms with van der Waals surface area (Å²) in [6, 6.07) is -0.984. The molecule has 7 heteroatoms. The van der Waals surface area contributed by atoms with Crippen LogP contribution >= 0.6 is 0 Å². The van der Waals surface area contributed by atoms with Gasteiger partial charge in [-0.15, -0.1) is 0 Å². The summed E-state index contributed by atoms with van der Waals surface area (Å²) in [4.78, 5) is 22.0. The molecule has 0 aromatic carbocycles. The molecule has 0 bridgehead atoms. The summed E-state index contributed by atoms with van der Waals surface area (Å²) in [5, 5.41) is 31.1. The smallest absolute Gasteiger partial charge is 0.334 e. The Morgan fingerprint density at radius 2 is 2.06 bits per heavy atom. The Hall–Kier alpha value is -1.44. The van der Waals surface area contributed by atoms with Crippen LogP contribution < -0.4 is 5.32 Å². The Morgan fingerprint density at radius 1 is 1.44 bits per heavy atom. The highest BCUT2D eigenvalue weighted by molar-refractivity contribution is 5.88. The molecule has 1 unspecified atom stereocenters. The third-order valence-corrected chi connectivity index (χ3v) is 2.67. The summed E-state index contributed by atoms with van der Waals surface area (Å²) in [6.07, 6.45) is -2.59. The molecule has 4 atom stereocenters. The van der Waals surface area contributed by atoms with Crippen LogP contribution in [-0.4, -0.2) is 58.2 Å². The number of hydrogen-bond donors (Lipinski definition) is 4. The van der Waals surface area contributed by atoms with Crippen molar-refractivity contribution < 1.29 is 29.6 Å². The zero-order valence-electron chi connectivity index (χ0n) is 10.2. The van der Waals surface area contributed by atoms with Crippen molar-refractivity contribution >= 4 is 11.9 Å². The van der Waals surface area contributed by atoms with Crippen molar-refractivity contribution in [1.29, 1.82) is 0 Å². The molecule has 1 rings (SSSR count). The van der Waals surface area contributed by atoms with Crippen molar-refractivity contribution in [1.82, 2.24) is 5.32 Å². The Bertz CT molecular complexity index is 367. The van der Waals surface area contributed by atoms with Gasteiger partial charge < -0.3 is 25.4 Å². The number of carbonyl (C=O) groups is 2. The topological polar surface area (TPSA) is 116 Å². The minimum Gasteiger partial charge on any atom is -0.478 e. The van der Waals surface area contributed by atoms with Crippen LogP contribution in [0.3, 0.4) is 0 Å². The first kappa shape index (κ1) is 14.6. The third kappa shape index (κ3) is 3.06. The molecule has 1 aliphatic rings. The van der Waals surface area contributed by atoms with Crippen LogP contribution in [0.2, 0.25) is 0 Å². The number of aliphatic hydroxyl groups is 2. The molecule has 0 fully saturated rings. The summed E-state index contributed by atoms with van der Waals surface area (Å²) in [7, 11) is 0. The average molecular weight is 259 g/mol. The van der Waals surface area contributed by atoms with Gasteiger partial charge in [0, 0.05) is 13.5 Å². The van der Waals surface area contributed by atoms with E-state index >= 15 is 0 Å². The number of aliphatic carboxylic acids is 1. The minimum absolute atomic E-state index is 0.204. The molecule has 0 saturated carbocycles. The Morgan fingerprint density at radius 3 is 2.50 bits per heavy atom. The van der Waals surface area contributed by atoms with E-state index in [2.05, 4.69) is 5.32 Å². The standard InChI is InChI=1S/C11H17NO6/c1-3-18-10-6(11(16)17)4-7(14)8(9(10)15)12-5(2)13/h4,7-10,14-15H,3H2,1-2H3,(H,12,13)(H,16,17)/t7-,8-,9+,10?/m1/s1. The van der Waals surface area contributed by atoms with E-state index in [0.29, 0.717) is 0 Å². The second-order valence-electron chi connectivity index (χ2n) is 4.01. The molecular weight excluding hydrogens is 242 g/mol. The first-order valence-electron chi connectivity index (χ1n) is 5.58. The highest BCUT2D eigenvalue weighted by Gasteiger charge is 2.41. The first-order chi connectivity index (χ1) is 8.38. The number of carboxylic acid groups (broad SMARTS) is 1. The molecular formula is C11H17NO6. The summed E-state index contributed by atoms with van der Waals surface area (Å²) in [5.41, 5.74) is -0.210. The number of ether oxygens (including phenoxy) is 1. The van der Waals surface area contributed by atoms with E-state index < -0.39 is 36.2 Å². The van der Waals surface area contributed by atoms with Crippen LogP contribution in [0, 0.1) is 0 Å². The fourth-order valence-corrected chi connectivity index (χ4v) is 1.92. The molecule has 0 heterocycles. The van der Waals surface area contributed by atoms with Gasteiger partial charge in [-0.05, 0) is 13.0 Å². The largest absolute Gasteiger partial charge is 0.478 e. The van der Waals surface area contributed by atoms with Crippen LogP contribution in [0.25, 0.3) is 0 Å². The lowest BCUT2D eigenvalue weighted by Crippen LogP contribution is -2.58. The number of hydrogen-bond acceptors (Lipinski definition) is 5. The van der Waals surface area contributed by atoms with E-state index in [-0.39, 0.29) is 12.2 Å². The van der Waals surface area contributed by atoms with Gasteiger partial charge in [0.15, 0.2) is 0 Å². The molecule has 0 aromatic heterocycles. The van der Waals surface area contributed by atoms with Crippen LogP contribution in [0.5, 0.6) is 0 Å². The van der Waals surface area contributed by atoms with Crippen LogP contribution in [-0.2, 0) is 14.3 Å². The summed E-state index contributed by atoms with van der Waals surface area (Å²) >= 11 is 0. The number of rotatable bonds is 4. The van der Waals surface area contributed by atoms with E-state index in [1.807, 2.05) is 0 Å². The van der Waals surface area contributed by atoms with Crippen molar-refractivity contribution in [2.24, 2.45) is 0 Å². The predicted octanol–water partition coefficient (Wildman–Crippen LogP) is -1.36. The van der Waals surface area contributed by atoms with Crippen molar-refractivity contribution in [3.8, 4) is 0 Å². The summed E-state index contributed by atoms with van der Waals surface area (Å²) in [5.74, 6) is -1.70. The number of nitrogens with one attached hydrogen (secondary N) is 1. The Labute approximate surface area is 104 Å². The maximum atomic E-state index is 11.0. The molecule has 4 N–H and O–H groups in total. The summed E-state index contributed by atoms with van der Waals surface area (Å²) < 4.78 is 5.17. The molecule has 1 amide bonds. The second kappa shape index (κ2) is 5.94. The SMILES string of the molecule is CCOC1C(C(=O)O)=C[C@@H](O)[C@@H](NC(C)=O)[C@@H]1O. The molecule has 0 radical (unpaired) electrons. The van der Waals surface area contributed by atoms with Crippen molar-refractivity contribution in [3.63, 3.8) is 0 Å². The van der Waals surface area contributed by atoms with Gasteiger partial charge in [-0.1, -0.05) is 0 Å². The van der Waals surface area contributed by atoms with Crippen molar-refractivity contribution in [2.45, 2.75) is 38.2 Å². The lowest BCUT2D eigenvalue weighted by Gasteiger charge is -2.36. The highest BCUT2D eigenvalue weighted by Crippen LogP contribution is 2.23. The molecule has 0 aliphatic heterocycles. The zero-order chi connectivity index (χ0) is 13.9. The Balaban J connectivity index is 3.02. The van der Waals surface area contributed by atoms with Gasteiger partial charge >= 0.3 is 5.97 Å². The summed E-state index contributed by atoms with van der Waals surface area (Å²) in [6.45, 7) is 3.10. The first-order valence-corrected chi connectivity index (χ1v) is 5.58. The molecule has 0 spiro atoms. The fraction of sp³-hybridized carbons (Fsp3) is 0.636. The van der Waals surface area contributed by atoms with Crippen LogP contribution in [0.15, 0.2) is 11.6 Å². The molecule has 0 aromatic rings. The monoisotopic (exact) mass is 259 g/mol. The number of aliphatic hydroxyl groups excluding tert-OH is 2. The van der Waals surface area contributed by atoms with E-state index in [0.717, 1.165) is 6.08 Å². The van der Waals surface area contributed by atoms with Gasteiger partial charge in [-0.25, -0.2) is 4.79 Å². The van der Waals surface area contributed by atoms with Gasteiger partial charge in [0.1, 0.15) is 12.2 Å². The zero-order valence-corrected chi connectivity index (χ0v) is 10.2. The quantitative estimate of drug-likeness (QED) is 0.495. The van der Waals surface area contributed by atoms with Crippen LogP contribution in [0.4, 0.5) is 0 Å². The van der Waals surface area contributed by atoms with E-state index in [9.17, 15) is 19.8 Å². The minimum atomic E-state index is -1.32. The van der Waals surface area contributed by atoms with Gasteiger partial charge in [-0.3, -0.25) is 4.79 Å². The highest BCUT2D eigenvalue weighted by atomic mass is 16.5. The average Bonchev–Trinajstić information content (AvgIpc) is 2.27. The van der Waals surface area contributed by atoms with Crippen LogP contribution in [0.1, 0.15) is 13.8 Å². The maximum Gasteiger partial charge on any atom is 0.334 e. The second-order valence-corrected chi connectivity index (χ2v) is 4.01. The normalized spacial score (nSPS) is 31.7. The van der Waals surface area contributed by atoms with E-state index in [4.69, 9.17) is 9.84 Å². The molecule has 102 valence electrons.